The Labute approximate surface area is 129 Å². The molecule has 0 aliphatic carbocycles. The van der Waals surface area contributed by atoms with Gasteiger partial charge in [-0.1, -0.05) is 32.0 Å². The lowest BCUT2D eigenvalue weighted by atomic mass is 10.0. The lowest BCUT2D eigenvalue weighted by molar-refractivity contribution is -0.120. The maximum atomic E-state index is 12.6. The minimum absolute atomic E-state index is 0.0376. The van der Waals surface area contributed by atoms with Crippen molar-refractivity contribution in [1.82, 2.24) is 4.57 Å². The molecule has 0 saturated carbocycles. The molecule has 1 amide bonds. The lowest BCUT2D eigenvalue weighted by Gasteiger charge is -2.23. The van der Waals surface area contributed by atoms with Gasteiger partial charge in [-0.2, -0.15) is 0 Å². The molecule has 0 bridgehead atoms. The summed E-state index contributed by atoms with van der Waals surface area (Å²) in [7, 11) is 0. The number of carbonyl (C=O) groups is 1. The first-order valence-corrected chi connectivity index (χ1v) is 7.25. The van der Waals surface area contributed by atoms with E-state index in [4.69, 9.17) is 5.73 Å². The number of para-hydroxylation sites is 2. The zero-order valence-electron chi connectivity index (χ0n) is 13.0. The molecule has 0 aliphatic rings. The molecule has 5 heteroatoms. The van der Waals surface area contributed by atoms with E-state index >= 15 is 0 Å². The van der Waals surface area contributed by atoms with E-state index in [-0.39, 0.29) is 17.4 Å². The van der Waals surface area contributed by atoms with Crippen LogP contribution in [0.15, 0.2) is 47.4 Å². The van der Waals surface area contributed by atoms with Crippen LogP contribution >= 0.6 is 0 Å². The smallest absolute Gasteiger partial charge is 0.254 e. The van der Waals surface area contributed by atoms with Crippen molar-refractivity contribution < 1.29 is 4.79 Å². The lowest BCUT2D eigenvalue weighted by Crippen LogP contribution is -2.36. The first-order chi connectivity index (χ1) is 10.4. The molecule has 2 rings (SSSR count). The van der Waals surface area contributed by atoms with Crippen LogP contribution in [0.3, 0.4) is 0 Å². The van der Waals surface area contributed by atoms with E-state index in [1.54, 1.807) is 49.5 Å². The number of carbonyl (C=O) groups excluding carboxylic acids is 1. The second-order valence-electron chi connectivity index (χ2n) is 5.67. The molecule has 5 nitrogen and oxygen atoms in total. The molecule has 0 aliphatic heterocycles. The summed E-state index contributed by atoms with van der Waals surface area (Å²) < 4.78 is 1.48. The standard InChI is InChI=1S/C17H21N3O2/c1-11(2)15(20-10-6-7-12(3)17(20)22)16(21)19-14-9-5-4-8-13(14)18/h4-11,15H,18H2,1-3H3,(H,19,21). The summed E-state index contributed by atoms with van der Waals surface area (Å²) in [5.74, 6) is -0.287. The first kappa shape index (κ1) is 15.8. The van der Waals surface area contributed by atoms with Gasteiger partial charge in [0.05, 0.1) is 11.4 Å². The highest BCUT2D eigenvalue weighted by Gasteiger charge is 2.25. The van der Waals surface area contributed by atoms with Gasteiger partial charge in [0.1, 0.15) is 6.04 Å². The van der Waals surface area contributed by atoms with Gasteiger partial charge in [0.2, 0.25) is 5.91 Å². The zero-order valence-corrected chi connectivity index (χ0v) is 13.0. The summed E-state index contributed by atoms with van der Waals surface area (Å²) in [6.07, 6.45) is 1.65. The summed E-state index contributed by atoms with van der Waals surface area (Å²) in [6.45, 7) is 5.56. The number of aromatic nitrogens is 1. The Bertz CT molecular complexity index is 735. The summed E-state index contributed by atoms with van der Waals surface area (Å²) in [5, 5.41) is 2.81. The van der Waals surface area contributed by atoms with Crippen molar-refractivity contribution >= 4 is 17.3 Å². The van der Waals surface area contributed by atoms with Crippen LogP contribution in [0.1, 0.15) is 25.5 Å². The highest BCUT2D eigenvalue weighted by Crippen LogP contribution is 2.22. The molecule has 1 unspecified atom stereocenters. The Balaban J connectivity index is 2.36. The Kier molecular flexibility index (Phi) is 4.65. The third-order valence-electron chi connectivity index (χ3n) is 3.58. The van der Waals surface area contributed by atoms with Crippen LogP contribution in [0, 0.1) is 12.8 Å². The van der Waals surface area contributed by atoms with Crippen LogP contribution in [-0.4, -0.2) is 10.5 Å². The quantitative estimate of drug-likeness (QED) is 0.852. The molecular weight excluding hydrogens is 278 g/mol. The number of benzene rings is 1. The van der Waals surface area contributed by atoms with E-state index < -0.39 is 6.04 Å². The molecule has 0 saturated heterocycles. The molecule has 116 valence electrons. The third-order valence-corrected chi connectivity index (χ3v) is 3.58. The summed E-state index contributed by atoms with van der Waals surface area (Å²) >= 11 is 0. The first-order valence-electron chi connectivity index (χ1n) is 7.25. The Morgan fingerprint density at radius 2 is 1.86 bits per heavy atom. The second-order valence-corrected chi connectivity index (χ2v) is 5.67. The van der Waals surface area contributed by atoms with E-state index in [0.29, 0.717) is 16.9 Å². The Hall–Kier alpha value is -2.56. The Morgan fingerprint density at radius 1 is 1.18 bits per heavy atom. The van der Waals surface area contributed by atoms with E-state index in [9.17, 15) is 9.59 Å². The highest BCUT2D eigenvalue weighted by molar-refractivity contribution is 5.96. The van der Waals surface area contributed by atoms with Gasteiger partial charge in [-0.15, -0.1) is 0 Å². The van der Waals surface area contributed by atoms with Crippen LogP contribution in [-0.2, 0) is 4.79 Å². The zero-order chi connectivity index (χ0) is 16.3. The van der Waals surface area contributed by atoms with Crippen molar-refractivity contribution in [3.8, 4) is 0 Å². The van der Waals surface area contributed by atoms with Crippen molar-refractivity contribution in [2.24, 2.45) is 5.92 Å². The molecule has 3 N–H and O–H groups in total. The highest BCUT2D eigenvalue weighted by atomic mass is 16.2. The molecule has 0 spiro atoms. The summed E-state index contributed by atoms with van der Waals surface area (Å²) in [6, 6.07) is 9.99. The van der Waals surface area contributed by atoms with Crippen molar-refractivity contribution in [3.05, 3.63) is 58.5 Å². The van der Waals surface area contributed by atoms with Crippen LogP contribution in [0.4, 0.5) is 11.4 Å². The van der Waals surface area contributed by atoms with Gasteiger partial charge in [0, 0.05) is 11.8 Å². The number of nitrogens with zero attached hydrogens (tertiary/aromatic N) is 1. The number of aryl methyl sites for hydroxylation is 1. The molecule has 1 heterocycles. The normalized spacial score (nSPS) is 12.2. The SMILES string of the molecule is Cc1cccn(C(C(=O)Nc2ccccc2N)C(C)C)c1=O. The number of pyridine rings is 1. The fraction of sp³-hybridized carbons (Fsp3) is 0.294. The minimum Gasteiger partial charge on any atom is -0.397 e. The van der Waals surface area contributed by atoms with E-state index in [1.807, 2.05) is 13.8 Å². The average molecular weight is 299 g/mol. The van der Waals surface area contributed by atoms with Crippen molar-refractivity contribution in [3.63, 3.8) is 0 Å². The van der Waals surface area contributed by atoms with Gasteiger partial charge in [0.15, 0.2) is 0 Å². The van der Waals surface area contributed by atoms with Gasteiger partial charge in [0.25, 0.3) is 5.56 Å². The number of anilines is 2. The fourth-order valence-electron chi connectivity index (χ4n) is 2.41. The van der Waals surface area contributed by atoms with Crippen molar-refractivity contribution in [2.75, 3.05) is 11.1 Å². The molecule has 1 aromatic carbocycles. The number of nitrogen functional groups attached to an aromatic ring is 1. The number of amides is 1. The predicted molar refractivity (Wildman–Crippen MR) is 88.8 cm³/mol. The largest absolute Gasteiger partial charge is 0.397 e. The molecule has 0 fully saturated rings. The number of rotatable bonds is 4. The number of hydrogen-bond acceptors (Lipinski definition) is 3. The Morgan fingerprint density at radius 3 is 2.50 bits per heavy atom. The minimum atomic E-state index is -0.591. The number of nitrogens with two attached hydrogens (primary N) is 1. The monoisotopic (exact) mass is 299 g/mol. The van der Waals surface area contributed by atoms with E-state index in [0.717, 1.165) is 0 Å². The molecule has 22 heavy (non-hydrogen) atoms. The third kappa shape index (κ3) is 3.19. The van der Waals surface area contributed by atoms with Gasteiger partial charge in [-0.25, -0.2) is 0 Å². The molecular formula is C17H21N3O2. The van der Waals surface area contributed by atoms with E-state index in [1.165, 1.54) is 4.57 Å². The number of hydrogen-bond donors (Lipinski definition) is 2. The molecule has 1 aromatic heterocycles. The molecule has 2 aromatic rings. The van der Waals surface area contributed by atoms with Crippen molar-refractivity contribution in [1.29, 1.82) is 0 Å². The molecule has 0 radical (unpaired) electrons. The predicted octanol–water partition coefficient (Wildman–Crippen LogP) is 2.57. The van der Waals surface area contributed by atoms with Gasteiger partial charge in [-0.3, -0.25) is 9.59 Å². The van der Waals surface area contributed by atoms with Gasteiger partial charge >= 0.3 is 0 Å². The van der Waals surface area contributed by atoms with Gasteiger partial charge in [-0.05, 0) is 31.0 Å². The maximum Gasteiger partial charge on any atom is 0.254 e. The van der Waals surface area contributed by atoms with Crippen molar-refractivity contribution in [2.45, 2.75) is 26.8 Å². The maximum absolute atomic E-state index is 12.6. The van der Waals surface area contributed by atoms with Crippen LogP contribution < -0.4 is 16.6 Å². The van der Waals surface area contributed by atoms with Crippen LogP contribution in [0.2, 0.25) is 0 Å². The van der Waals surface area contributed by atoms with Gasteiger partial charge < -0.3 is 15.6 Å². The average Bonchev–Trinajstić information content (AvgIpc) is 2.46. The summed E-state index contributed by atoms with van der Waals surface area (Å²) in [5.41, 5.74) is 7.36. The fourth-order valence-corrected chi connectivity index (χ4v) is 2.41. The topological polar surface area (TPSA) is 77.1 Å². The number of nitrogens with one attached hydrogen (secondary N) is 1. The second kappa shape index (κ2) is 6.47. The van der Waals surface area contributed by atoms with Crippen LogP contribution in [0.5, 0.6) is 0 Å². The molecule has 1 atom stereocenters. The van der Waals surface area contributed by atoms with E-state index in [2.05, 4.69) is 5.32 Å². The summed E-state index contributed by atoms with van der Waals surface area (Å²) in [4.78, 5) is 24.9. The van der Waals surface area contributed by atoms with Crippen LogP contribution in [0.25, 0.3) is 0 Å².